The van der Waals surface area contributed by atoms with Gasteiger partial charge in [0.1, 0.15) is 5.75 Å². The molecule has 0 unspecified atom stereocenters. The molecule has 4 rings (SSSR count). The zero-order valence-corrected chi connectivity index (χ0v) is 15.9. The number of fused-ring (bicyclic) bond motifs is 1. The average molecular weight is 384 g/mol. The summed E-state index contributed by atoms with van der Waals surface area (Å²) in [5.74, 6) is 1.17. The summed E-state index contributed by atoms with van der Waals surface area (Å²) >= 11 is 0. The molecule has 0 radical (unpaired) electrons. The molecule has 3 aromatic carbocycles. The van der Waals surface area contributed by atoms with Gasteiger partial charge in [-0.05, 0) is 47.5 Å². The van der Waals surface area contributed by atoms with Gasteiger partial charge in [0, 0.05) is 0 Å². The third-order valence-electron chi connectivity index (χ3n) is 4.54. The highest BCUT2D eigenvalue weighted by Gasteiger charge is 2.11. The van der Waals surface area contributed by atoms with E-state index in [-0.39, 0.29) is 5.56 Å². The number of aromatic nitrogens is 2. The van der Waals surface area contributed by atoms with Gasteiger partial charge < -0.3 is 4.74 Å². The summed E-state index contributed by atoms with van der Waals surface area (Å²) in [6, 6.07) is 24.6. The van der Waals surface area contributed by atoms with Crippen LogP contribution in [0.3, 0.4) is 0 Å². The fourth-order valence-corrected chi connectivity index (χ4v) is 3.02. The molecule has 1 heterocycles. The van der Waals surface area contributed by atoms with Crippen molar-refractivity contribution in [2.75, 3.05) is 12.5 Å². The molecule has 0 saturated carbocycles. The molecule has 0 aliphatic heterocycles. The van der Waals surface area contributed by atoms with Gasteiger partial charge in [0.25, 0.3) is 5.56 Å². The molecular weight excluding hydrogens is 364 g/mol. The number of benzene rings is 3. The second-order valence-corrected chi connectivity index (χ2v) is 6.47. The van der Waals surface area contributed by atoms with E-state index < -0.39 is 0 Å². The van der Waals surface area contributed by atoms with Crippen LogP contribution < -0.4 is 15.7 Å². The van der Waals surface area contributed by atoms with Crippen LogP contribution in [0.2, 0.25) is 0 Å². The average Bonchev–Trinajstić information content (AvgIpc) is 2.77. The van der Waals surface area contributed by atoms with Gasteiger partial charge in [0.2, 0.25) is 5.95 Å². The first-order chi connectivity index (χ1) is 14.2. The van der Waals surface area contributed by atoms with Gasteiger partial charge in [-0.2, -0.15) is 5.10 Å². The Morgan fingerprint density at radius 1 is 1.00 bits per heavy atom. The predicted molar refractivity (Wildman–Crippen MR) is 116 cm³/mol. The van der Waals surface area contributed by atoms with Crippen LogP contribution in [0.1, 0.15) is 11.1 Å². The van der Waals surface area contributed by atoms with Crippen molar-refractivity contribution < 1.29 is 4.74 Å². The molecule has 0 fully saturated rings. The Bertz CT molecular complexity index is 1200. The maximum absolute atomic E-state index is 13.1. The number of nitrogens with zero attached hydrogens (tertiary/aromatic N) is 3. The Labute approximate surface area is 168 Å². The molecule has 29 heavy (non-hydrogen) atoms. The highest BCUT2D eigenvalue weighted by molar-refractivity contribution is 5.81. The Balaban J connectivity index is 1.68. The number of hydrogen-bond donors (Lipinski definition) is 1. The number of methoxy groups -OCH3 is 1. The monoisotopic (exact) mass is 384 g/mol. The van der Waals surface area contributed by atoms with Crippen LogP contribution in [0.4, 0.5) is 5.95 Å². The first-order valence-corrected chi connectivity index (χ1v) is 9.21. The standard InChI is InChI=1S/C23H20N4O2/c1-29-19-13-11-17(12-14-19)15-24-26-23-25-21-10-6-5-9-20(21)22(28)27(23)16-18-7-3-2-4-8-18/h2-15H,16H2,1H3,(H,25,26)/b24-15+. The normalized spacial score (nSPS) is 11.1. The van der Waals surface area contributed by atoms with Crippen molar-refractivity contribution in [3.05, 3.63) is 100 Å². The van der Waals surface area contributed by atoms with E-state index in [2.05, 4.69) is 15.5 Å². The molecule has 6 heteroatoms. The second kappa shape index (κ2) is 8.39. The van der Waals surface area contributed by atoms with Crippen molar-refractivity contribution >= 4 is 23.1 Å². The number of hydrogen-bond acceptors (Lipinski definition) is 5. The Morgan fingerprint density at radius 2 is 1.72 bits per heavy atom. The summed E-state index contributed by atoms with van der Waals surface area (Å²) in [4.78, 5) is 17.7. The lowest BCUT2D eigenvalue weighted by molar-refractivity contribution is 0.415. The first kappa shape index (κ1) is 18.4. The van der Waals surface area contributed by atoms with E-state index in [4.69, 9.17) is 4.74 Å². The van der Waals surface area contributed by atoms with Crippen LogP contribution in [0.25, 0.3) is 10.9 Å². The molecule has 4 aromatic rings. The zero-order chi connectivity index (χ0) is 20.1. The van der Waals surface area contributed by atoms with E-state index >= 15 is 0 Å². The summed E-state index contributed by atoms with van der Waals surface area (Å²) in [7, 11) is 1.63. The zero-order valence-electron chi connectivity index (χ0n) is 15.9. The lowest BCUT2D eigenvalue weighted by Crippen LogP contribution is -2.24. The van der Waals surface area contributed by atoms with Gasteiger partial charge in [-0.15, -0.1) is 0 Å². The third kappa shape index (κ3) is 4.16. The van der Waals surface area contributed by atoms with Gasteiger partial charge in [-0.1, -0.05) is 42.5 Å². The topological polar surface area (TPSA) is 68.5 Å². The quantitative estimate of drug-likeness (QED) is 0.404. The van der Waals surface area contributed by atoms with E-state index in [0.29, 0.717) is 23.4 Å². The number of nitrogens with one attached hydrogen (secondary N) is 1. The molecule has 0 bridgehead atoms. The number of para-hydroxylation sites is 1. The maximum atomic E-state index is 13.1. The van der Waals surface area contributed by atoms with E-state index in [1.165, 1.54) is 0 Å². The lowest BCUT2D eigenvalue weighted by atomic mass is 10.2. The maximum Gasteiger partial charge on any atom is 0.263 e. The van der Waals surface area contributed by atoms with E-state index in [1.54, 1.807) is 24.0 Å². The fraction of sp³-hybridized carbons (Fsp3) is 0.0870. The minimum atomic E-state index is -0.110. The summed E-state index contributed by atoms with van der Waals surface area (Å²) in [6.07, 6.45) is 1.67. The minimum absolute atomic E-state index is 0.110. The molecule has 1 N–H and O–H groups in total. The summed E-state index contributed by atoms with van der Waals surface area (Å²) in [5, 5.41) is 4.86. The number of anilines is 1. The van der Waals surface area contributed by atoms with Crippen LogP contribution in [-0.2, 0) is 6.54 Å². The SMILES string of the molecule is COc1ccc(/C=N/Nc2nc3ccccc3c(=O)n2Cc2ccccc2)cc1. The third-order valence-corrected chi connectivity index (χ3v) is 4.54. The Morgan fingerprint density at radius 3 is 2.48 bits per heavy atom. The molecule has 1 aromatic heterocycles. The van der Waals surface area contributed by atoms with Crippen LogP contribution in [0.5, 0.6) is 5.75 Å². The molecule has 0 spiro atoms. The van der Waals surface area contributed by atoms with Crippen molar-refractivity contribution in [2.45, 2.75) is 6.54 Å². The van der Waals surface area contributed by atoms with E-state index in [9.17, 15) is 4.79 Å². The van der Waals surface area contributed by atoms with Gasteiger partial charge in [0.05, 0.1) is 30.8 Å². The van der Waals surface area contributed by atoms with Crippen LogP contribution in [0.15, 0.2) is 88.8 Å². The molecule has 0 saturated heterocycles. The van der Waals surface area contributed by atoms with Gasteiger partial charge >= 0.3 is 0 Å². The highest BCUT2D eigenvalue weighted by Crippen LogP contribution is 2.14. The number of hydrazone groups is 1. The fourth-order valence-electron chi connectivity index (χ4n) is 3.02. The summed E-state index contributed by atoms with van der Waals surface area (Å²) in [6.45, 7) is 0.401. The van der Waals surface area contributed by atoms with E-state index in [0.717, 1.165) is 16.9 Å². The van der Waals surface area contributed by atoms with Gasteiger partial charge in [-0.3, -0.25) is 9.36 Å². The predicted octanol–water partition coefficient (Wildman–Crippen LogP) is 3.90. The number of ether oxygens (including phenoxy) is 1. The van der Waals surface area contributed by atoms with Crippen molar-refractivity contribution in [1.82, 2.24) is 9.55 Å². The molecule has 144 valence electrons. The highest BCUT2D eigenvalue weighted by atomic mass is 16.5. The molecular formula is C23H20N4O2. The first-order valence-electron chi connectivity index (χ1n) is 9.21. The molecule has 6 nitrogen and oxygen atoms in total. The van der Waals surface area contributed by atoms with Gasteiger partial charge in [0.15, 0.2) is 0 Å². The largest absolute Gasteiger partial charge is 0.497 e. The molecule has 0 aliphatic carbocycles. The molecule has 0 amide bonds. The smallest absolute Gasteiger partial charge is 0.263 e. The lowest BCUT2D eigenvalue weighted by Gasteiger charge is -2.13. The van der Waals surface area contributed by atoms with Crippen molar-refractivity contribution in [3.63, 3.8) is 0 Å². The minimum Gasteiger partial charge on any atom is -0.497 e. The van der Waals surface area contributed by atoms with E-state index in [1.807, 2.05) is 72.8 Å². The summed E-state index contributed by atoms with van der Waals surface area (Å²) in [5.41, 5.74) is 5.36. The van der Waals surface area contributed by atoms with Crippen LogP contribution in [0, 0.1) is 0 Å². The second-order valence-electron chi connectivity index (χ2n) is 6.47. The molecule has 0 atom stereocenters. The Kier molecular flexibility index (Phi) is 5.33. The number of rotatable bonds is 6. The van der Waals surface area contributed by atoms with Crippen LogP contribution >= 0.6 is 0 Å². The van der Waals surface area contributed by atoms with Crippen molar-refractivity contribution in [1.29, 1.82) is 0 Å². The molecule has 0 aliphatic rings. The van der Waals surface area contributed by atoms with Gasteiger partial charge in [-0.25, -0.2) is 10.4 Å². The van der Waals surface area contributed by atoms with Crippen LogP contribution in [-0.4, -0.2) is 22.9 Å². The summed E-state index contributed by atoms with van der Waals surface area (Å²) < 4.78 is 6.76. The van der Waals surface area contributed by atoms with Crippen molar-refractivity contribution in [2.24, 2.45) is 5.10 Å². The Hall–Kier alpha value is -3.93. The van der Waals surface area contributed by atoms with Crippen molar-refractivity contribution in [3.8, 4) is 5.75 Å².